The van der Waals surface area contributed by atoms with Crippen LogP contribution in [0, 0.1) is 0 Å². The van der Waals surface area contributed by atoms with Crippen LogP contribution >= 0.6 is 11.6 Å². The number of methoxy groups -OCH3 is 1. The van der Waals surface area contributed by atoms with E-state index in [9.17, 15) is 9.59 Å². The molecule has 184 valence electrons. The summed E-state index contributed by atoms with van der Waals surface area (Å²) in [5.41, 5.74) is 1.37. The summed E-state index contributed by atoms with van der Waals surface area (Å²) in [7, 11) is 1.61. The number of para-hydroxylation sites is 1. The molecule has 0 aliphatic carbocycles. The maximum absolute atomic E-state index is 14.6. The molecule has 0 unspecified atom stereocenters. The lowest BCUT2D eigenvalue weighted by atomic mass is 9.69. The van der Waals surface area contributed by atoms with E-state index in [1.54, 1.807) is 36.4 Å². The fourth-order valence-corrected chi connectivity index (χ4v) is 5.53. The van der Waals surface area contributed by atoms with Crippen LogP contribution in [0.25, 0.3) is 0 Å². The molecule has 0 radical (unpaired) electrons. The maximum Gasteiger partial charge on any atom is 0.267 e. The first kappa shape index (κ1) is 23.3. The minimum absolute atomic E-state index is 0.352. The Kier molecular flexibility index (Phi) is 5.71. The average molecular weight is 511 g/mol. The van der Waals surface area contributed by atoms with E-state index in [0.29, 0.717) is 22.0 Å². The van der Waals surface area contributed by atoms with Crippen LogP contribution in [-0.4, -0.2) is 25.0 Å². The number of anilines is 2. The largest absolute Gasteiger partial charge is 0.497 e. The molecule has 2 aliphatic heterocycles. The molecule has 4 aromatic carbocycles. The van der Waals surface area contributed by atoms with E-state index in [1.165, 1.54) is 4.90 Å². The van der Waals surface area contributed by atoms with Crippen LogP contribution in [0.2, 0.25) is 5.02 Å². The lowest BCUT2D eigenvalue weighted by molar-refractivity contribution is -0.126. The first-order valence-electron chi connectivity index (χ1n) is 11.9. The van der Waals surface area contributed by atoms with Crippen molar-refractivity contribution in [3.8, 4) is 5.75 Å². The van der Waals surface area contributed by atoms with Gasteiger partial charge in [-0.1, -0.05) is 72.3 Å². The molecule has 2 fully saturated rings. The third-order valence-corrected chi connectivity index (χ3v) is 7.33. The quantitative estimate of drug-likeness (QED) is 0.321. The number of hydrogen-bond donors (Lipinski definition) is 0. The highest BCUT2D eigenvalue weighted by atomic mass is 35.5. The summed E-state index contributed by atoms with van der Waals surface area (Å²) in [6, 6.07) is 32.5. The Morgan fingerprint density at radius 1 is 0.784 bits per heavy atom. The van der Waals surface area contributed by atoms with Crippen LogP contribution in [0.4, 0.5) is 11.4 Å². The van der Waals surface area contributed by atoms with Gasteiger partial charge < -0.3 is 4.74 Å². The van der Waals surface area contributed by atoms with Crippen LogP contribution in [0.5, 0.6) is 5.75 Å². The Balaban J connectivity index is 1.60. The summed E-state index contributed by atoms with van der Waals surface area (Å²) in [5.74, 6) is -0.0840. The zero-order valence-corrected chi connectivity index (χ0v) is 20.7. The summed E-state index contributed by atoms with van der Waals surface area (Å²) < 4.78 is 5.38. The van der Waals surface area contributed by atoms with Crippen LogP contribution < -0.4 is 14.7 Å². The zero-order chi connectivity index (χ0) is 25.6. The third kappa shape index (κ3) is 3.52. The van der Waals surface area contributed by atoms with E-state index in [2.05, 4.69) is 0 Å². The molecule has 0 aromatic heterocycles. The topological polar surface area (TPSA) is 59.1 Å². The molecule has 3 atom stereocenters. The van der Waals surface area contributed by atoms with Crippen LogP contribution in [0.3, 0.4) is 0 Å². The molecule has 2 aliphatic rings. The standard InChI is InChI=1S/C30H23ClN2O4/c1-36-25-18-12-20(13-19-25)26-30(21-8-4-2-5-9-21)27(37-33(26)24-10-6-3-7-11-24)28(34)32(29(30)35)23-16-14-22(31)15-17-23/h2-19,26-27H,1H3/t26-,27-,30+/m1/s1. The minimum Gasteiger partial charge on any atom is -0.497 e. The number of hydrogen-bond acceptors (Lipinski definition) is 5. The molecule has 0 saturated carbocycles. The molecule has 0 bridgehead atoms. The van der Waals surface area contributed by atoms with Gasteiger partial charge >= 0.3 is 0 Å². The van der Waals surface area contributed by atoms with Crippen molar-refractivity contribution in [1.29, 1.82) is 0 Å². The average Bonchev–Trinajstić information content (AvgIpc) is 3.41. The van der Waals surface area contributed by atoms with Crippen molar-refractivity contribution in [2.45, 2.75) is 17.6 Å². The van der Waals surface area contributed by atoms with E-state index in [0.717, 1.165) is 11.3 Å². The van der Waals surface area contributed by atoms with Gasteiger partial charge in [-0.2, -0.15) is 0 Å². The van der Waals surface area contributed by atoms with Gasteiger partial charge in [0.15, 0.2) is 6.10 Å². The van der Waals surface area contributed by atoms with Gasteiger partial charge in [-0.05, 0) is 59.7 Å². The lowest BCUT2D eigenvalue weighted by Gasteiger charge is -2.35. The predicted molar refractivity (Wildman–Crippen MR) is 142 cm³/mol. The molecular formula is C30H23ClN2O4. The van der Waals surface area contributed by atoms with Crippen LogP contribution in [-0.2, 0) is 19.8 Å². The molecule has 6 nitrogen and oxygen atoms in total. The number of ether oxygens (including phenoxy) is 1. The minimum atomic E-state index is -1.34. The number of amides is 2. The second kappa shape index (κ2) is 9.07. The molecule has 2 heterocycles. The van der Waals surface area contributed by atoms with E-state index < -0.39 is 23.5 Å². The molecule has 0 N–H and O–H groups in total. The van der Waals surface area contributed by atoms with Crippen molar-refractivity contribution in [3.63, 3.8) is 0 Å². The van der Waals surface area contributed by atoms with Crippen molar-refractivity contribution in [2.24, 2.45) is 0 Å². The molecule has 2 amide bonds. The Labute approximate surface area is 219 Å². The van der Waals surface area contributed by atoms with Crippen molar-refractivity contribution >= 4 is 34.8 Å². The van der Waals surface area contributed by atoms with Crippen molar-refractivity contribution in [2.75, 3.05) is 17.1 Å². The van der Waals surface area contributed by atoms with E-state index >= 15 is 0 Å². The fourth-order valence-electron chi connectivity index (χ4n) is 5.41. The second-order valence-corrected chi connectivity index (χ2v) is 9.45. The number of nitrogens with zero attached hydrogens (tertiary/aromatic N) is 2. The number of imide groups is 1. The Morgan fingerprint density at radius 2 is 1.41 bits per heavy atom. The fraction of sp³-hybridized carbons (Fsp3) is 0.133. The van der Waals surface area contributed by atoms with Crippen LogP contribution in [0.15, 0.2) is 109 Å². The van der Waals surface area contributed by atoms with Crippen molar-refractivity contribution < 1.29 is 19.2 Å². The third-order valence-electron chi connectivity index (χ3n) is 7.08. The smallest absolute Gasteiger partial charge is 0.267 e. The predicted octanol–water partition coefficient (Wildman–Crippen LogP) is 5.72. The van der Waals surface area contributed by atoms with Gasteiger partial charge in [-0.25, -0.2) is 9.96 Å². The molecular weight excluding hydrogens is 488 g/mol. The van der Waals surface area contributed by atoms with Gasteiger partial charge in [-0.3, -0.25) is 14.4 Å². The molecule has 6 rings (SSSR count). The summed E-state index contributed by atoms with van der Waals surface area (Å²) >= 11 is 6.10. The van der Waals surface area contributed by atoms with Gasteiger partial charge in [0.2, 0.25) is 5.91 Å². The summed E-state index contributed by atoms with van der Waals surface area (Å²) in [6.07, 6.45) is -1.08. The molecule has 37 heavy (non-hydrogen) atoms. The van der Waals surface area contributed by atoms with Gasteiger partial charge in [0.1, 0.15) is 17.2 Å². The Bertz CT molecular complexity index is 1440. The molecule has 4 aromatic rings. The number of rotatable bonds is 5. The number of fused-ring (bicyclic) bond motifs is 1. The summed E-state index contributed by atoms with van der Waals surface area (Å²) in [5, 5.41) is 2.22. The van der Waals surface area contributed by atoms with E-state index in [-0.39, 0.29) is 5.91 Å². The van der Waals surface area contributed by atoms with Crippen LogP contribution in [0.1, 0.15) is 17.2 Å². The van der Waals surface area contributed by atoms with E-state index in [1.807, 2.05) is 84.9 Å². The summed E-state index contributed by atoms with van der Waals surface area (Å²) in [4.78, 5) is 36.3. The van der Waals surface area contributed by atoms with Crippen molar-refractivity contribution in [1.82, 2.24) is 0 Å². The first-order valence-corrected chi connectivity index (χ1v) is 12.3. The maximum atomic E-state index is 14.6. The monoisotopic (exact) mass is 510 g/mol. The number of halogens is 1. The van der Waals surface area contributed by atoms with Gasteiger partial charge in [0.25, 0.3) is 5.91 Å². The van der Waals surface area contributed by atoms with E-state index in [4.69, 9.17) is 21.2 Å². The van der Waals surface area contributed by atoms with Crippen molar-refractivity contribution in [3.05, 3.63) is 125 Å². The highest BCUT2D eigenvalue weighted by molar-refractivity contribution is 6.31. The summed E-state index contributed by atoms with van der Waals surface area (Å²) in [6.45, 7) is 0. The highest BCUT2D eigenvalue weighted by Gasteiger charge is 2.72. The Hall–Kier alpha value is -4.13. The zero-order valence-electron chi connectivity index (χ0n) is 20.0. The van der Waals surface area contributed by atoms with Gasteiger partial charge in [0.05, 0.1) is 18.5 Å². The van der Waals surface area contributed by atoms with Gasteiger partial charge in [-0.15, -0.1) is 0 Å². The number of hydroxylamine groups is 1. The first-order chi connectivity index (χ1) is 18.1. The number of carbonyl (C=O) groups is 2. The molecule has 0 spiro atoms. The molecule has 2 saturated heterocycles. The normalized spacial score (nSPS) is 22.9. The SMILES string of the molecule is COc1ccc([C@H]2N(c3ccccc3)O[C@@H]3C(=O)N(c4ccc(Cl)cc4)C(=O)[C@]32c2ccccc2)cc1. The highest BCUT2D eigenvalue weighted by Crippen LogP contribution is 2.57. The second-order valence-electron chi connectivity index (χ2n) is 9.01. The lowest BCUT2D eigenvalue weighted by Crippen LogP contribution is -2.46. The molecule has 7 heteroatoms. The number of benzene rings is 4. The van der Waals surface area contributed by atoms with Gasteiger partial charge in [0, 0.05) is 5.02 Å². The Morgan fingerprint density at radius 3 is 2.03 bits per heavy atom. The number of carbonyl (C=O) groups excluding carboxylic acids is 2.